The first-order valence-corrected chi connectivity index (χ1v) is 17.2. The Morgan fingerprint density at radius 1 is 0.915 bits per heavy atom. The first-order valence-electron chi connectivity index (χ1n) is 17.2. The molecule has 250 valence electrons. The summed E-state index contributed by atoms with van der Waals surface area (Å²) in [5.41, 5.74) is 1.64. The molecule has 6 atom stereocenters. The van der Waals surface area contributed by atoms with E-state index >= 15 is 0 Å². The van der Waals surface area contributed by atoms with Gasteiger partial charge in [-0.1, -0.05) is 74.5 Å². The standard InChI is InChI=1S/C36H46BN3O7/c1-35(2)27-19-29(35)36(3)30(20-27)46-37(47-36)31-15-10-17-39(31)32(41)22-40(34(43)45-24-26-13-8-5-9-14-26)28-16-18-38(21-28)33(42)44-23-25-11-6-4-7-12-25/h4-9,11-14,27-31H,10,15-24H2,1-3H3/t27-,28+,29-,30?,31-,36-/m0/s1. The zero-order chi connectivity index (χ0) is 32.8. The van der Waals surface area contributed by atoms with Gasteiger partial charge in [0.25, 0.3) is 0 Å². The Morgan fingerprint density at radius 3 is 2.28 bits per heavy atom. The smallest absolute Gasteiger partial charge is 0.445 e. The van der Waals surface area contributed by atoms with E-state index in [1.807, 2.05) is 65.6 Å². The molecule has 8 rings (SSSR count). The molecule has 3 aliphatic heterocycles. The van der Waals surface area contributed by atoms with Crippen LogP contribution in [-0.4, -0.2) is 89.8 Å². The van der Waals surface area contributed by atoms with Crippen LogP contribution in [0, 0.1) is 17.3 Å². The van der Waals surface area contributed by atoms with Gasteiger partial charge >= 0.3 is 19.3 Å². The molecular formula is C36H46BN3O7. The summed E-state index contributed by atoms with van der Waals surface area (Å²) < 4.78 is 24.6. The second-order valence-electron chi connectivity index (χ2n) is 14.7. The predicted octanol–water partition coefficient (Wildman–Crippen LogP) is 5.29. The summed E-state index contributed by atoms with van der Waals surface area (Å²) in [7, 11) is -0.480. The van der Waals surface area contributed by atoms with Gasteiger partial charge in [-0.05, 0) is 67.4 Å². The van der Waals surface area contributed by atoms with Crippen molar-refractivity contribution >= 4 is 25.2 Å². The molecule has 11 heteroatoms. The highest BCUT2D eigenvalue weighted by atomic mass is 16.7. The Kier molecular flexibility index (Phi) is 8.72. The van der Waals surface area contributed by atoms with Crippen LogP contribution in [0.3, 0.4) is 0 Å². The van der Waals surface area contributed by atoms with Crippen LogP contribution in [0.15, 0.2) is 60.7 Å². The third kappa shape index (κ3) is 6.12. The Balaban J connectivity index is 1.02. The van der Waals surface area contributed by atoms with E-state index in [1.165, 1.54) is 11.3 Å². The van der Waals surface area contributed by atoms with Gasteiger partial charge in [-0.2, -0.15) is 0 Å². The summed E-state index contributed by atoms with van der Waals surface area (Å²) in [5.74, 6) is 0.715. The highest BCUT2D eigenvalue weighted by Gasteiger charge is 2.69. The number of amides is 3. The van der Waals surface area contributed by atoms with Crippen molar-refractivity contribution in [2.75, 3.05) is 26.2 Å². The molecule has 2 aromatic rings. The van der Waals surface area contributed by atoms with Crippen molar-refractivity contribution in [3.05, 3.63) is 71.8 Å². The van der Waals surface area contributed by atoms with E-state index in [4.69, 9.17) is 18.8 Å². The van der Waals surface area contributed by atoms with E-state index in [0.717, 1.165) is 30.4 Å². The Hall–Kier alpha value is -3.57. The highest BCUT2D eigenvalue weighted by Crippen LogP contribution is 2.66. The van der Waals surface area contributed by atoms with E-state index in [-0.39, 0.29) is 61.3 Å². The molecule has 3 amide bonds. The lowest BCUT2D eigenvalue weighted by atomic mass is 9.43. The molecule has 3 heterocycles. The van der Waals surface area contributed by atoms with Gasteiger partial charge in [0.15, 0.2) is 0 Å². The molecule has 0 aromatic heterocycles. The molecule has 2 bridgehead atoms. The van der Waals surface area contributed by atoms with Crippen LogP contribution in [0.25, 0.3) is 0 Å². The van der Waals surface area contributed by atoms with Crippen molar-refractivity contribution in [2.45, 2.75) is 89.8 Å². The molecule has 10 nitrogen and oxygen atoms in total. The maximum Gasteiger partial charge on any atom is 0.481 e. The van der Waals surface area contributed by atoms with E-state index in [0.29, 0.717) is 31.3 Å². The number of rotatable bonds is 8. The third-order valence-corrected chi connectivity index (χ3v) is 11.7. The summed E-state index contributed by atoms with van der Waals surface area (Å²) in [5, 5.41) is 0. The quantitative estimate of drug-likeness (QED) is 0.361. The Morgan fingerprint density at radius 2 is 1.60 bits per heavy atom. The van der Waals surface area contributed by atoms with Gasteiger partial charge in [0.1, 0.15) is 19.8 Å². The van der Waals surface area contributed by atoms with Gasteiger partial charge in [0.2, 0.25) is 5.91 Å². The average Bonchev–Trinajstić information content (AvgIpc) is 3.84. The normalized spacial score (nSPS) is 30.4. The molecule has 0 radical (unpaired) electrons. The van der Waals surface area contributed by atoms with Gasteiger partial charge in [-0.15, -0.1) is 0 Å². The summed E-state index contributed by atoms with van der Waals surface area (Å²) in [6, 6.07) is 18.6. The Labute approximate surface area is 277 Å². The summed E-state index contributed by atoms with van der Waals surface area (Å²) >= 11 is 0. The first-order chi connectivity index (χ1) is 22.6. The van der Waals surface area contributed by atoms with Crippen LogP contribution < -0.4 is 0 Å². The van der Waals surface area contributed by atoms with Gasteiger partial charge < -0.3 is 28.6 Å². The van der Waals surface area contributed by atoms with Crippen molar-refractivity contribution < 1.29 is 33.2 Å². The lowest BCUT2D eigenvalue weighted by Crippen LogP contribution is -2.65. The fraction of sp³-hybridized carbons (Fsp3) is 0.583. The van der Waals surface area contributed by atoms with E-state index in [2.05, 4.69) is 20.8 Å². The monoisotopic (exact) mass is 643 g/mol. The first kappa shape index (κ1) is 32.0. The topological polar surface area (TPSA) is 97.9 Å². The van der Waals surface area contributed by atoms with E-state index in [9.17, 15) is 14.4 Å². The average molecular weight is 644 g/mol. The van der Waals surface area contributed by atoms with Crippen LogP contribution in [0.2, 0.25) is 0 Å². The van der Waals surface area contributed by atoms with Crippen LogP contribution in [0.1, 0.15) is 64.0 Å². The number of likely N-dealkylation sites (tertiary alicyclic amines) is 2. The van der Waals surface area contributed by atoms with Gasteiger partial charge in [-0.25, -0.2) is 9.59 Å². The summed E-state index contributed by atoms with van der Waals surface area (Å²) in [6.07, 6.45) is 3.35. The molecule has 6 fully saturated rings. The zero-order valence-electron chi connectivity index (χ0n) is 27.7. The maximum absolute atomic E-state index is 14.1. The van der Waals surface area contributed by atoms with Crippen molar-refractivity contribution in [3.63, 3.8) is 0 Å². The van der Waals surface area contributed by atoms with Crippen LogP contribution in [0.5, 0.6) is 0 Å². The SMILES string of the molecule is CC1(C)[C@@H]2CC3OB([C@@H]4CCCN4C(=O)CN(C(=O)OCc4ccccc4)[C@@H]4CCN(C(=O)OCc5ccccc5)C4)O[C@@]3(C)[C@H]1C2. The second kappa shape index (κ2) is 12.8. The molecule has 3 aliphatic carbocycles. The minimum absolute atomic E-state index is 0.0393. The summed E-state index contributed by atoms with van der Waals surface area (Å²) in [6.45, 7) is 8.26. The molecule has 0 spiro atoms. The summed E-state index contributed by atoms with van der Waals surface area (Å²) in [4.78, 5) is 45.6. The maximum atomic E-state index is 14.1. The molecule has 3 saturated heterocycles. The number of nitrogens with zero attached hydrogens (tertiary/aromatic N) is 3. The molecule has 2 aromatic carbocycles. The van der Waals surface area contributed by atoms with Crippen LogP contribution in [0.4, 0.5) is 9.59 Å². The molecule has 1 unspecified atom stereocenters. The predicted molar refractivity (Wildman–Crippen MR) is 175 cm³/mol. The number of benzene rings is 2. The minimum atomic E-state index is -0.573. The number of ether oxygens (including phenoxy) is 2. The zero-order valence-corrected chi connectivity index (χ0v) is 27.7. The fourth-order valence-corrected chi connectivity index (χ4v) is 8.80. The van der Waals surface area contributed by atoms with Gasteiger partial charge in [-0.3, -0.25) is 9.69 Å². The van der Waals surface area contributed by atoms with Crippen molar-refractivity contribution in [2.24, 2.45) is 17.3 Å². The largest absolute Gasteiger partial charge is 0.481 e. The molecule has 3 saturated carbocycles. The molecule has 6 aliphatic rings. The lowest BCUT2D eigenvalue weighted by molar-refractivity contribution is -0.199. The van der Waals surface area contributed by atoms with Crippen molar-refractivity contribution in [3.8, 4) is 0 Å². The Bertz CT molecular complexity index is 1460. The van der Waals surface area contributed by atoms with Crippen LogP contribution >= 0.6 is 0 Å². The fourth-order valence-electron chi connectivity index (χ4n) is 8.80. The number of hydrogen-bond donors (Lipinski definition) is 0. The van der Waals surface area contributed by atoms with E-state index in [1.54, 1.807) is 4.90 Å². The molecule has 0 N–H and O–H groups in total. The highest BCUT2D eigenvalue weighted by molar-refractivity contribution is 6.48. The van der Waals surface area contributed by atoms with Crippen molar-refractivity contribution in [1.29, 1.82) is 0 Å². The lowest BCUT2D eigenvalue weighted by Gasteiger charge is -2.64. The number of carbonyl (C=O) groups is 3. The molecular weight excluding hydrogens is 597 g/mol. The second-order valence-corrected chi connectivity index (χ2v) is 14.7. The third-order valence-electron chi connectivity index (χ3n) is 11.7. The van der Waals surface area contributed by atoms with E-state index < -0.39 is 19.3 Å². The van der Waals surface area contributed by atoms with Crippen LogP contribution in [-0.2, 0) is 36.8 Å². The number of carbonyl (C=O) groups excluding carboxylic acids is 3. The number of hydrogen-bond acceptors (Lipinski definition) is 7. The molecule has 47 heavy (non-hydrogen) atoms. The van der Waals surface area contributed by atoms with Gasteiger partial charge in [0.05, 0.1) is 23.7 Å². The van der Waals surface area contributed by atoms with Crippen molar-refractivity contribution in [1.82, 2.24) is 14.7 Å². The van der Waals surface area contributed by atoms with Gasteiger partial charge in [0, 0.05) is 19.6 Å². The minimum Gasteiger partial charge on any atom is -0.445 e.